The highest BCUT2D eigenvalue weighted by Crippen LogP contribution is 2.33. The summed E-state index contributed by atoms with van der Waals surface area (Å²) in [6.07, 6.45) is 3.98. The molecule has 2 heterocycles. The van der Waals surface area contributed by atoms with Gasteiger partial charge in [-0.1, -0.05) is 19.1 Å². The first-order valence-electron chi connectivity index (χ1n) is 7.94. The highest BCUT2D eigenvalue weighted by atomic mass is 16.5. The highest BCUT2D eigenvalue weighted by Gasteiger charge is 2.21. The van der Waals surface area contributed by atoms with Crippen molar-refractivity contribution in [2.75, 3.05) is 36.1 Å². The SMILES string of the molecule is COc1ccccc1Nc1ncnc(N2CCCC(C)C2)c1N. The largest absolute Gasteiger partial charge is 0.495 e. The second kappa shape index (κ2) is 6.73. The molecule has 23 heavy (non-hydrogen) atoms. The van der Waals surface area contributed by atoms with Crippen molar-refractivity contribution >= 4 is 23.0 Å². The van der Waals surface area contributed by atoms with E-state index in [1.54, 1.807) is 13.4 Å². The van der Waals surface area contributed by atoms with E-state index in [2.05, 4.69) is 27.1 Å². The number of rotatable bonds is 4. The van der Waals surface area contributed by atoms with Crippen LogP contribution in [-0.4, -0.2) is 30.2 Å². The standard InChI is InChI=1S/C17H23N5O/c1-12-6-5-9-22(10-12)17-15(18)16(19-11-20-17)21-13-7-3-4-8-14(13)23-2/h3-4,7-8,11-12H,5-6,9-10,18H2,1-2H3,(H,19,20,21). The lowest BCUT2D eigenvalue weighted by Crippen LogP contribution is -2.35. The van der Waals surface area contributed by atoms with Gasteiger partial charge in [0.05, 0.1) is 12.8 Å². The Morgan fingerprint density at radius 2 is 2.13 bits per heavy atom. The van der Waals surface area contributed by atoms with Crippen molar-refractivity contribution in [1.82, 2.24) is 9.97 Å². The minimum absolute atomic E-state index is 0.576. The Hall–Kier alpha value is -2.50. The summed E-state index contributed by atoms with van der Waals surface area (Å²) in [6, 6.07) is 7.69. The smallest absolute Gasteiger partial charge is 0.159 e. The van der Waals surface area contributed by atoms with Crippen LogP contribution >= 0.6 is 0 Å². The van der Waals surface area contributed by atoms with Crippen molar-refractivity contribution in [3.8, 4) is 5.75 Å². The third kappa shape index (κ3) is 3.31. The van der Waals surface area contributed by atoms with Gasteiger partial charge in [0.25, 0.3) is 0 Å². The molecule has 0 spiro atoms. The minimum Gasteiger partial charge on any atom is -0.495 e. The topological polar surface area (TPSA) is 76.3 Å². The quantitative estimate of drug-likeness (QED) is 0.903. The molecule has 1 saturated heterocycles. The van der Waals surface area contributed by atoms with Crippen molar-refractivity contribution in [3.05, 3.63) is 30.6 Å². The summed E-state index contributed by atoms with van der Waals surface area (Å²) in [4.78, 5) is 10.9. The summed E-state index contributed by atoms with van der Waals surface area (Å²) >= 11 is 0. The van der Waals surface area contributed by atoms with Crippen LogP contribution in [0.25, 0.3) is 0 Å². The predicted octanol–water partition coefficient (Wildman–Crippen LogP) is 3.05. The second-order valence-electron chi connectivity index (χ2n) is 5.98. The van der Waals surface area contributed by atoms with Crippen LogP contribution in [0.2, 0.25) is 0 Å². The highest BCUT2D eigenvalue weighted by molar-refractivity contribution is 5.79. The van der Waals surface area contributed by atoms with Gasteiger partial charge < -0.3 is 20.7 Å². The number of ether oxygens (including phenoxy) is 1. The number of benzene rings is 1. The molecule has 122 valence electrons. The summed E-state index contributed by atoms with van der Waals surface area (Å²) in [5.41, 5.74) is 7.74. The lowest BCUT2D eigenvalue weighted by molar-refractivity contribution is 0.417. The Morgan fingerprint density at radius 1 is 1.30 bits per heavy atom. The summed E-state index contributed by atoms with van der Waals surface area (Å²) < 4.78 is 5.36. The molecule has 1 aliphatic rings. The number of aromatic nitrogens is 2. The number of nitrogen functional groups attached to an aromatic ring is 1. The number of hydrogen-bond donors (Lipinski definition) is 2. The fraction of sp³-hybridized carbons (Fsp3) is 0.412. The van der Waals surface area contributed by atoms with Crippen molar-refractivity contribution in [2.24, 2.45) is 5.92 Å². The van der Waals surface area contributed by atoms with E-state index in [1.165, 1.54) is 12.8 Å². The van der Waals surface area contributed by atoms with Crippen LogP contribution in [0.3, 0.4) is 0 Å². The first-order valence-corrected chi connectivity index (χ1v) is 7.94. The van der Waals surface area contributed by atoms with Gasteiger partial charge in [-0.15, -0.1) is 0 Å². The average Bonchev–Trinajstić information content (AvgIpc) is 2.57. The fourth-order valence-corrected chi connectivity index (χ4v) is 3.00. The molecule has 1 atom stereocenters. The molecule has 1 unspecified atom stereocenters. The van der Waals surface area contributed by atoms with Gasteiger partial charge in [0.1, 0.15) is 17.8 Å². The van der Waals surface area contributed by atoms with E-state index < -0.39 is 0 Å². The number of methoxy groups -OCH3 is 1. The van der Waals surface area contributed by atoms with E-state index in [-0.39, 0.29) is 0 Å². The van der Waals surface area contributed by atoms with Gasteiger partial charge in [-0.05, 0) is 30.9 Å². The average molecular weight is 313 g/mol. The third-order valence-electron chi connectivity index (χ3n) is 4.18. The van der Waals surface area contributed by atoms with Crippen LogP contribution in [0.1, 0.15) is 19.8 Å². The lowest BCUT2D eigenvalue weighted by Gasteiger charge is -2.32. The van der Waals surface area contributed by atoms with Gasteiger partial charge in [-0.3, -0.25) is 0 Å². The Morgan fingerprint density at radius 3 is 2.91 bits per heavy atom. The van der Waals surface area contributed by atoms with Crippen molar-refractivity contribution in [2.45, 2.75) is 19.8 Å². The monoisotopic (exact) mass is 313 g/mol. The summed E-state index contributed by atoms with van der Waals surface area (Å²) in [7, 11) is 1.64. The van der Waals surface area contributed by atoms with Gasteiger partial charge in [0, 0.05) is 13.1 Å². The normalized spacial score (nSPS) is 17.8. The van der Waals surface area contributed by atoms with E-state index in [0.29, 0.717) is 17.4 Å². The Bertz CT molecular complexity index is 676. The van der Waals surface area contributed by atoms with Crippen molar-refractivity contribution in [1.29, 1.82) is 0 Å². The Kier molecular flexibility index (Phi) is 4.50. The molecular weight excluding hydrogens is 290 g/mol. The predicted molar refractivity (Wildman–Crippen MR) is 93.3 cm³/mol. The minimum atomic E-state index is 0.576. The van der Waals surface area contributed by atoms with E-state index in [1.807, 2.05) is 24.3 Å². The molecule has 1 aromatic carbocycles. The first kappa shape index (κ1) is 15.4. The number of para-hydroxylation sites is 2. The maximum absolute atomic E-state index is 6.33. The fourth-order valence-electron chi connectivity index (χ4n) is 3.00. The zero-order chi connectivity index (χ0) is 16.2. The molecular formula is C17H23N5O. The van der Waals surface area contributed by atoms with Gasteiger partial charge >= 0.3 is 0 Å². The maximum atomic E-state index is 6.33. The van der Waals surface area contributed by atoms with Gasteiger partial charge in [-0.2, -0.15) is 0 Å². The molecule has 6 heteroatoms. The second-order valence-corrected chi connectivity index (χ2v) is 5.98. The molecule has 6 nitrogen and oxygen atoms in total. The number of piperidine rings is 1. The van der Waals surface area contributed by atoms with Gasteiger partial charge in [0.2, 0.25) is 0 Å². The first-order chi connectivity index (χ1) is 11.2. The molecule has 0 radical (unpaired) electrons. The summed E-state index contributed by atoms with van der Waals surface area (Å²) in [5, 5.41) is 3.25. The van der Waals surface area contributed by atoms with E-state index >= 15 is 0 Å². The van der Waals surface area contributed by atoms with Gasteiger partial charge in [-0.25, -0.2) is 9.97 Å². The van der Waals surface area contributed by atoms with Crippen molar-refractivity contribution in [3.63, 3.8) is 0 Å². The van der Waals surface area contributed by atoms with Crippen LogP contribution in [0.4, 0.5) is 23.0 Å². The number of nitrogens with one attached hydrogen (secondary N) is 1. The molecule has 3 N–H and O–H groups in total. The molecule has 2 aromatic rings. The number of nitrogens with zero attached hydrogens (tertiary/aromatic N) is 3. The van der Waals surface area contributed by atoms with Crippen molar-refractivity contribution < 1.29 is 4.74 Å². The lowest BCUT2D eigenvalue weighted by atomic mass is 10.0. The molecule has 1 fully saturated rings. The molecule has 0 bridgehead atoms. The molecule has 0 aliphatic carbocycles. The Balaban J connectivity index is 1.87. The van der Waals surface area contributed by atoms with Crippen LogP contribution in [0.5, 0.6) is 5.75 Å². The number of nitrogens with two attached hydrogens (primary N) is 1. The maximum Gasteiger partial charge on any atom is 0.159 e. The molecule has 1 aromatic heterocycles. The summed E-state index contributed by atoms with van der Waals surface area (Å²) in [6.45, 7) is 4.23. The molecule has 0 amide bonds. The zero-order valence-electron chi connectivity index (χ0n) is 13.6. The van der Waals surface area contributed by atoms with Gasteiger partial charge in [0.15, 0.2) is 11.6 Å². The third-order valence-corrected chi connectivity index (χ3v) is 4.18. The Labute approximate surface area is 136 Å². The van der Waals surface area contributed by atoms with Crippen LogP contribution in [0, 0.1) is 5.92 Å². The number of anilines is 4. The molecule has 3 rings (SSSR count). The van der Waals surface area contributed by atoms with Crippen LogP contribution in [-0.2, 0) is 0 Å². The number of hydrogen-bond acceptors (Lipinski definition) is 6. The van der Waals surface area contributed by atoms with E-state index in [4.69, 9.17) is 10.5 Å². The van der Waals surface area contributed by atoms with Crippen LogP contribution in [0.15, 0.2) is 30.6 Å². The summed E-state index contributed by atoms with van der Waals surface area (Å²) in [5.74, 6) is 2.82. The van der Waals surface area contributed by atoms with Crippen LogP contribution < -0.4 is 20.7 Å². The zero-order valence-corrected chi connectivity index (χ0v) is 13.6. The van der Waals surface area contributed by atoms with E-state index in [9.17, 15) is 0 Å². The molecule has 0 saturated carbocycles. The molecule has 1 aliphatic heterocycles. The van der Waals surface area contributed by atoms with E-state index in [0.717, 1.165) is 30.3 Å².